The zero-order chi connectivity index (χ0) is 21.7. The molecule has 0 spiro atoms. The Morgan fingerprint density at radius 1 is 1.03 bits per heavy atom. The first-order valence-electron chi connectivity index (χ1n) is 9.21. The largest absolute Gasteiger partial charge is 0.435 e. The molecule has 3 nitrogen and oxygen atoms in total. The number of halogens is 4. The summed E-state index contributed by atoms with van der Waals surface area (Å²) in [7, 11) is 0. The molecule has 0 unspecified atom stereocenters. The fraction of sp³-hybridized carbons (Fsp3) is 0.174. The molecule has 0 amide bonds. The molecule has 0 saturated carbocycles. The molecule has 2 aromatic carbocycles. The van der Waals surface area contributed by atoms with Gasteiger partial charge in [-0.25, -0.2) is 0 Å². The molecule has 3 rings (SSSR count). The lowest BCUT2D eigenvalue weighted by atomic mass is 10.1. The van der Waals surface area contributed by atoms with E-state index in [0.717, 1.165) is 11.1 Å². The molecule has 0 fully saturated rings. The Bertz CT molecular complexity index is 1110. The molecule has 0 radical (unpaired) electrons. The van der Waals surface area contributed by atoms with Crippen LogP contribution in [-0.4, -0.2) is 11.2 Å². The molecule has 156 valence electrons. The molecular weight excluding hydrogens is 431 g/mol. The van der Waals surface area contributed by atoms with Gasteiger partial charge in [-0.3, -0.25) is 4.79 Å². The summed E-state index contributed by atoms with van der Waals surface area (Å²) in [6, 6.07) is 15.7. The molecule has 3 aromatic rings. The minimum absolute atomic E-state index is 0.0355. The van der Waals surface area contributed by atoms with Crippen LogP contribution in [0.5, 0.6) is 5.75 Å². The van der Waals surface area contributed by atoms with Crippen LogP contribution in [0.25, 0.3) is 12.2 Å². The quantitative estimate of drug-likeness (QED) is 0.413. The number of aryl methyl sites for hydroxylation is 2. The Hall–Kier alpha value is -2.63. The summed E-state index contributed by atoms with van der Waals surface area (Å²) in [6.07, 6.45) is 3.96. The van der Waals surface area contributed by atoms with E-state index in [4.69, 9.17) is 23.2 Å². The van der Waals surface area contributed by atoms with Crippen LogP contribution in [0.15, 0.2) is 59.4 Å². The molecule has 0 bridgehead atoms. The third kappa shape index (κ3) is 5.71. The zero-order valence-electron chi connectivity index (χ0n) is 16.1. The summed E-state index contributed by atoms with van der Waals surface area (Å²) in [5.41, 5.74) is 3.00. The third-order valence-electron chi connectivity index (χ3n) is 4.50. The van der Waals surface area contributed by atoms with E-state index in [-0.39, 0.29) is 16.3 Å². The molecular formula is C23H19Cl2F2NO2. The number of ether oxygens (including phenoxy) is 1. The van der Waals surface area contributed by atoms with Crippen LogP contribution in [0.3, 0.4) is 0 Å². The number of hydrogen-bond donors (Lipinski definition) is 0. The van der Waals surface area contributed by atoms with Crippen molar-refractivity contribution < 1.29 is 13.5 Å². The summed E-state index contributed by atoms with van der Waals surface area (Å²) in [5, 5.41) is 0.355. The van der Waals surface area contributed by atoms with Crippen molar-refractivity contribution in [3.8, 4) is 5.75 Å². The standard InChI is InChI=1S/C23H19Cl2F2NO2/c1-15-5-7-16(8-6-15)11-12-28-21(19(24)14-20(25)22(28)29)10-9-17-3-2-4-18(13-17)30-23(26)27/h2-10,13-14,23H,11-12H2,1H3/b10-9+. The highest BCUT2D eigenvalue weighted by atomic mass is 35.5. The van der Waals surface area contributed by atoms with Crippen molar-refractivity contribution in [3.05, 3.63) is 97.4 Å². The zero-order valence-corrected chi connectivity index (χ0v) is 17.6. The number of pyridine rings is 1. The summed E-state index contributed by atoms with van der Waals surface area (Å²) in [5.74, 6) is 0.0473. The van der Waals surface area contributed by atoms with Crippen molar-refractivity contribution in [2.75, 3.05) is 0 Å². The van der Waals surface area contributed by atoms with Crippen molar-refractivity contribution in [1.82, 2.24) is 4.57 Å². The van der Waals surface area contributed by atoms with E-state index >= 15 is 0 Å². The topological polar surface area (TPSA) is 31.2 Å². The van der Waals surface area contributed by atoms with Crippen LogP contribution in [0.1, 0.15) is 22.4 Å². The lowest BCUT2D eigenvalue weighted by molar-refractivity contribution is -0.0498. The highest BCUT2D eigenvalue weighted by molar-refractivity contribution is 6.35. The highest BCUT2D eigenvalue weighted by Gasteiger charge is 2.11. The van der Waals surface area contributed by atoms with Crippen molar-refractivity contribution in [2.45, 2.75) is 26.5 Å². The average Bonchev–Trinajstić information content (AvgIpc) is 2.70. The number of aromatic nitrogens is 1. The molecule has 0 aliphatic heterocycles. The molecule has 0 N–H and O–H groups in total. The van der Waals surface area contributed by atoms with Crippen LogP contribution >= 0.6 is 23.2 Å². The van der Waals surface area contributed by atoms with Gasteiger partial charge in [0, 0.05) is 6.54 Å². The Labute approximate surface area is 183 Å². The van der Waals surface area contributed by atoms with Crippen molar-refractivity contribution in [2.24, 2.45) is 0 Å². The van der Waals surface area contributed by atoms with Crippen LogP contribution in [-0.2, 0) is 13.0 Å². The van der Waals surface area contributed by atoms with Gasteiger partial charge in [-0.05, 0) is 48.7 Å². The molecule has 7 heteroatoms. The van der Waals surface area contributed by atoms with E-state index < -0.39 is 6.61 Å². The van der Waals surface area contributed by atoms with Crippen LogP contribution in [0.2, 0.25) is 10.0 Å². The van der Waals surface area contributed by atoms with Gasteiger partial charge in [0.05, 0.1) is 10.7 Å². The maximum Gasteiger partial charge on any atom is 0.387 e. The summed E-state index contributed by atoms with van der Waals surface area (Å²) in [4.78, 5) is 12.6. The van der Waals surface area contributed by atoms with E-state index in [0.29, 0.717) is 29.2 Å². The van der Waals surface area contributed by atoms with Gasteiger partial charge in [-0.2, -0.15) is 8.78 Å². The fourth-order valence-electron chi connectivity index (χ4n) is 2.97. The van der Waals surface area contributed by atoms with Gasteiger partial charge in [-0.15, -0.1) is 0 Å². The number of benzene rings is 2. The minimum Gasteiger partial charge on any atom is -0.435 e. The van der Waals surface area contributed by atoms with Gasteiger partial charge < -0.3 is 9.30 Å². The first-order valence-corrected chi connectivity index (χ1v) is 9.96. The van der Waals surface area contributed by atoms with Gasteiger partial charge in [-0.1, -0.05) is 71.2 Å². The fourth-order valence-corrected chi connectivity index (χ4v) is 3.51. The number of nitrogens with zero attached hydrogens (tertiary/aromatic N) is 1. The Morgan fingerprint density at radius 3 is 2.47 bits per heavy atom. The second-order valence-corrected chi connectivity index (χ2v) is 7.52. The van der Waals surface area contributed by atoms with E-state index in [1.807, 2.05) is 31.2 Å². The van der Waals surface area contributed by atoms with Crippen LogP contribution in [0, 0.1) is 6.92 Å². The number of rotatable bonds is 7. The lowest BCUT2D eigenvalue weighted by Gasteiger charge is -2.13. The minimum atomic E-state index is -2.90. The summed E-state index contributed by atoms with van der Waals surface area (Å²) < 4.78 is 30.8. The average molecular weight is 450 g/mol. The van der Waals surface area contributed by atoms with Gasteiger partial charge in [0.15, 0.2) is 0 Å². The highest BCUT2D eigenvalue weighted by Crippen LogP contribution is 2.23. The van der Waals surface area contributed by atoms with Crippen LogP contribution < -0.4 is 10.3 Å². The number of alkyl halides is 2. The third-order valence-corrected chi connectivity index (χ3v) is 5.07. The Kier molecular flexibility index (Phi) is 7.29. The Morgan fingerprint density at radius 2 is 1.77 bits per heavy atom. The maximum atomic E-state index is 12.6. The molecule has 0 saturated heterocycles. The second kappa shape index (κ2) is 9.92. The van der Waals surface area contributed by atoms with E-state index in [2.05, 4.69) is 4.74 Å². The first-order chi connectivity index (χ1) is 14.3. The first kappa shape index (κ1) is 22.1. The summed E-state index contributed by atoms with van der Waals surface area (Å²) >= 11 is 12.4. The van der Waals surface area contributed by atoms with Crippen molar-refractivity contribution in [1.29, 1.82) is 0 Å². The predicted molar refractivity (Wildman–Crippen MR) is 118 cm³/mol. The number of hydrogen-bond acceptors (Lipinski definition) is 2. The van der Waals surface area contributed by atoms with E-state index in [1.54, 1.807) is 24.3 Å². The van der Waals surface area contributed by atoms with E-state index in [1.165, 1.54) is 22.8 Å². The normalized spacial score (nSPS) is 11.4. The molecule has 1 heterocycles. The van der Waals surface area contributed by atoms with E-state index in [9.17, 15) is 13.6 Å². The SMILES string of the molecule is Cc1ccc(CCn2c(/C=C/c3cccc(OC(F)F)c3)c(Cl)cc(Cl)c2=O)cc1. The van der Waals surface area contributed by atoms with Crippen molar-refractivity contribution >= 4 is 35.4 Å². The Balaban J connectivity index is 1.90. The monoisotopic (exact) mass is 449 g/mol. The van der Waals surface area contributed by atoms with Crippen molar-refractivity contribution in [3.63, 3.8) is 0 Å². The van der Waals surface area contributed by atoms with Gasteiger partial charge >= 0.3 is 6.61 Å². The molecule has 0 aliphatic rings. The van der Waals surface area contributed by atoms with Gasteiger partial charge in [0.25, 0.3) is 5.56 Å². The molecule has 0 atom stereocenters. The van der Waals surface area contributed by atoms with Gasteiger partial charge in [0.2, 0.25) is 0 Å². The van der Waals surface area contributed by atoms with Crippen LogP contribution in [0.4, 0.5) is 8.78 Å². The summed E-state index contributed by atoms with van der Waals surface area (Å²) in [6.45, 7) is -0.507. The maximum absolute atomic E-state index is 12.6. The molecule has 0 aliphatic carbocycles. The second-order valence-electron chi connectivity index (χ2n) is 6.70. The van der Waals surface area contributed by atoms with Gasteiger partial charge in [0.1, 0.15) is 10.8 Å². The predicted octanol–water partition coefficient (Wildman–Crippen LogP) is 6.48. The smallest absolute Gasteiger partial charge is 0.387 e. The molecule has 30 heavy (non-hydrogen) atoms. The lowest BCUT2D eigenvalue weighted by Crippen LogP contribution is -2.24. The molecule has 1 aromatic heterocycles.